The number of amides is 1. The number of hydrogen-bond acceptors (Lipinski definition) is 5. The molecule has 0 spiro atoms. The second-order valence-corrected chi connectivity index (χ2v) is 4.53. The first-order valence-electron chi connectivity index (χ1n) is 6.19. The topological polar surface area (TPSA) is 80.0 Å². The molecule has 20 heavy (non-hydrogen) atoms. The van der Waals surface area contributed by atoms with Crippen molar-refractivity contribution >= 4 is 23.3 Å². The molecule has 0 unspecified atom stereocenters. The summed E-state index contributed by atoms with van der Waals surface area (Å²) in [6.45, 7) is 4.66. The first-order chi connectivity index (χ1) is 9.60. The van der Waals surface area contributed by atoms with Gasteiger partial charge in [-0.2, -0.15) is 0 Å². The Bertz CT molecular complexity index is 612. The fourth-order valence-electron chi connectivity index (χ4n) is 1.62. The Morgan fingerprint density at radius 3 is 2.85 bits per heavy atom. The van der Waals surface area contributed by atoms with Crippen LogP contribution in [-0.2, 0) is 6.54 Å². The van der Waals surface area contributed by atoms with Crippen LogP contribution >= 0.6 is 11.6 Å². The van der Waals surface area contributed by atoms with Gasteiger partial charge in [0.05, 0.1) is 23.3 Å². The first kappa shape index (κ1) is 14.3. The van der Waals surface area contributed by atoms with E-state index in [2.05, 4.69) is 20.6 Å². The smallest absolute Gasteiger partial charge is 0.253 e. The molecule has 0 aromatic carbocycles. The van der Waals surface area contributed by atoms with E-state index >= 15 is 0 Å². The normalized spacial score (nSPS) is 10.3. The summed E-state index contributed by atoms with van der Waals surface area (Å²) in [4.78, 5) is 20.2. The minimum Gasteiger partial charge on any atom is -0.444 e. The summed E-state index contributed by atoms with van der Waals surface area (Å²) < 4.78 is 5.28. The predicted molar refractivity (Wildman–Crippen MR) is 75.8 cm³/mol. The number of nitrogens with one attached hydrogen (secondary N) is 2. The second-order valence-electron chi connectivity index (χ2n) is 4.13. The zero-order valence-corrected chi connectivity index (χ0v) is 12.0. The van der Waals surface area contributed by atoms with Crippen molar-refractivity contribution in [2.75, 3.05) is 11.9 Å². The highest BCUT2D eigenvalue weighted by atomic mass is 35.5. The summed E-state index contributed by atoms with van der Waals surface area (Å²) in [7, 11) is 0. The highest BCUT2D eigenvalue weighted by molar-refractivity contribution is 6.33. The Morgan fingerprint density at radius 1 is 1.40 bits per heavy atom. The Morgan fingerprint density at radius 2 is 2.20 bits per heavy atom. The summed E-state index contributed by atoms with van der Waals surface area (Å²) >= 11 is 5.99. The monoisotopic (exact) mass is 294 g/mol. The molecule has 0 aliphatic carbocycles. The van der Waals surface area contributed by atoms with E-state index in [1.807, 2.05) is 6.92 Å². The number of aromatic nitrogens is 2. The lowest BCUT2D eigenvalue weighted by molar-refractivity contribution is 0.0947. The van der Waals surface area contributed by atoms with Crippen LogP contribution in [0.3, 0.4) is 0 Å². The minimum absolute atomic E-state index is 0.210. The molecular formula is C13H15ClN4O2. The molecule has 0 aliphatic rings. The van der Waals surface area contributed by atoms with Crippen molar-refractivity contribution in [3.8, 4) is 0 Å². The summed E-state index contributed by atoms with van der Waals surface area (Å²) in [5, 5.41) is 6.03. The third-order valence-corrected chi connectivity index (χ3v) is 2.83. The fraction of sp³-hybridized carbons (Fsp3) is 0.308. The molecular weight excluding hydrogens is 280 g/mol. The second kappa shape index (κ2) is 6.38. The van der Waals surface area contributed by atoms with Gasteiger partial charge in [0.1, 0.15) is 11.6 Å². The van der Waals surface area contributed by atoms with Crippen molar-refractivity contribution in [2.24, 2.45) is 0 Å². The number of rotatable bonds is 5. The summed E-state index contributed by atoms with van der Waals surface area (Å²) in [6.07, 6.45) is 3.05. The molecule has 2 heterocycles. The zero-order valence-electron chi connectivity index (χ0n) is 11.2. The molecule has 7 heteroatoms. The van der Waals surface area contributed by atoms with E-state index in [4.69, 9.17) is 16.0 Å². The van der Waals surface area contributed by atoms with Crippen LogP contribution in [-0.4, -0.2) is 22.4 Å². The molecule has 0 saturated heterocycles. The highest BCUT2D eigenvalue weighted by Crippen LogP contribution is 2.18. The van der Waals surface area contributed by atoms with Crippen LogP contribution in [0.15, 0.2) is 22.9 Å². The average molecular weight is 295 g/mol. The van der Waals surface area contributed by atoms with E-state index in [0.717, 1.165) is 0 Å². The molecule has 2 aromatic rings. The van der Waals surface area contributed by atoms with Crippen LogP contribution in [0.4, 0.5) is 5.82 Å². The van der Waals surface area contributed by atoms with Crippen LogP contribution < -0.4 is 10.6 Å². The van der Waals surface area contributed by atoms with E-state index in [1.165, 1.54) is 6.20 Å². The van der Waals surface area contributed by atoms with Gasteiger partial charge < -0.3 is 15.1 Å². The Balaban J connectivity index is 2.06. The number of nitrogens with zero attached hydrogens (tertiary/aromatic N) is 2. The predicted octanol–water partition coefficient (Wildman–Crippen LogP) is 2.39. The number of pyridine rings is 1. The third kappa shape index (κ3) is 3.48. The lowest BCUT2D eigenvalue weighted by Gasteiger charge is -2.07. The van der Waals surface area contributed by atoms with Crippen LogP contribution in [0.25, 0.3) is 0 Å². The van der Waals surface area contributed by atoms with Gasteiger partial charge in [-0.3, -0.25) is 4.79 Å². The Kier molecular flexibility index (Phi) is 4.57. The number of hydrogen-bond donors (Lipinski definition) is 2. The molecule has 0 aliphatic heterocycles. The van der Waals surface area contributed by atoms with Gasteiger partial charge in [0.25, 0.3) is 5.91 Å². The van der Waals surface area contributed by atoms with Gasteiger partial charge in [0.15, 0.2) is 0 Å². The number of anilines is 1. The first-order valence-corrected chi connectivity index (χ1v) is 6.57. The van der Waals surface area contributed by atoms with Gasteiger partial charge in [0, 0.05) is 12.7 Å². The molecule has 106 valence electrons. The Hall–Kier alpha value is -2.08. The zero-order chi connectivity index (χ0) is 14.5. The van der Waals surface area contributed by atoms with E-state index in [-0.39, 0.29) is 12.5 Å². The van der Waals surface area contributed by atoms with Crippen LogP contribution in [0.1, 0.15) is 28.9 Å². The Labute approximate surface area is 121 Å². The highest BCUT2D eigenvalue weighted by Gasteiger charge is 2.13. The molecule has 0 radical (unpaired) electrons. The van der Waals surface area contributed by atoms with Gasteiger partial charge in [0.2, 0.25) is 5.89 Å². The van der Waals surface area contributed by atoms with E-state index in [9.17, 15) is 4.79 Å². The van der Waals surface area contributed by atoms with Gasteiger partial charge in [-0.15, -0.1) is 0 Å². The van der Waals surface area contributed by atoms with Gasteiger partial charge >= 0.3 is 0 Å². The largest absolute Gasteiger partial charge is 0.444 e. The van der Waals surface area contributed by atoms with Gasteiger partial charge in [-0.05, 0) is 19.9 Å². The van der Waals surface area contributed by atoms with Gasteiger partial charge in [-0.25, -0.2) is 9.97 Å². The molecule has 2 N–H and O–H groups in total. The third-order valence-electron chi connectivity index (χ3n) is 2.53. The molecule has 0 fully saturated rings. The molecule has 0 atom stereocenters. The minimum atomic E-state index is -0.299. The van der Waals surface area contributed by atoms with Crippen molar-refractivity contribution < 1.29 is 9.21 Å². The molecule has 2 aromatic heterocycles. The van der Waals surface area contributed by atoms with Crippen molar-refractivity contribution in [3.05, 3.63) is 40.7 Å². The number of carbonyl (C=O) groups is 1. The van der Waals surface area contributed by atoms with Crippen molar-refractivity contribution in [2.45, 2.75) is 20.4 Å². The van der Waals surface area contributed by atoms with Gasteiger partial charge in [-0.1, -0.05) is 11.6 Å². The van der Waals surface area contributed by atoms with Crippen LogP contribution in [0, 0.1) is 6.92 Å². The van der Waals surface area contributed by atoms with E-state index in [1.54, 1.807) is 19.2 Å². The summed E-state index contributed by atoms with van der Waals surface area (Å²) in [5.41, 5.74) is 0.362. The summed E-state index contributed by atoms with van der Waals surface area (Å²) in [5.74, 6) is 1.46. The number of aryl methyl sites for hydroxylation is 1. The summed E-state index contributed by atoms with van der Waals surface area (Å²) in [6, 6.07) is 1.61. The van der Waals surface area contributed by atoms with E-state index < -0.39 is 0 Å². The standard InChI is InChI=1S/C13H15ClN4O2/c1-3-15-11-4-9(10(14)6-16-11)13(19)18-7-12-17-5-8(2)20-12/h4-6H,3,7H2,1-2H3,(H,15,16)(H,18,19). The van der Waals surface area contributed by atoms with Crippen LogP contribution in [0.2, 0.25) is 5.02 Å². The quantitative estimate of drug-likeness (QED) is 0.885. The number of halogens is 1. The molecule has 6 nitrogen and oxygen atoms in total. The average Bonchev–Trinajstić information content (AvgIpc) is 2.84. The maximum absolute atomic E-state index is 12.1. The molecule has 0 bridgehead atoms. The van der Waals surface area contributed by atoms with Crippen molar-refractivity contribution in [1.82, 2.24) is 15.3 Å². The maximum atomic E-state index is 12.1. The molecule has 2 rings (SSSR count). The maximum Gasteiger partial charge on any atom is 0.253 e. The van der Waals surface area contributed by atoms with Crippen molar-refractivity contribution in [1.29, 1.82) is 0 Å². The number of carbonyl (C=O) groups excluding carboxylic acids is 1. The lowest BCUT2D eigenvalue weighted by atomic mass is 10.2. The lowest BCUT2D eigenvalue weighted by Crippen LogP contribution is -2.23. The van der Waals surface area contributed by atoms with E-state index in [0.29, 0.717) is 34.6 Å². The SMILES string of the molecule is CCNc1cc(C(=O)NCc2ncc(C)o2)c(Cl)cn1. The van der Waals surface area contributed by atoms with Crippen LogP contribution in [0.5, 0.6) is 0 Å². The number of oxazole rings is 1. The molecule has 1 amide bonds. The van der Waals surface area contributed by atoms with Crippen molar-refractivity contribution in [3.63, 3.8) is 0 Å². The fourth-order valence-corrected chi connectivity index (χ4v) is 1.81. The molecule has 0 saturated carbocycles.